The van der Waals surface area contributed by atoms with Gasteiger partial charge < -0.3 is 19.7 Å². The Kier molecular flexibility index (Phi) is 7.11. The molecule has 150 valence electrons. The monoisotopic (exact) mass is 376 g/mol. The number of carbonyl (C=O) groups excluding carboxylic acids is 2. The van der Waals surface area contributed by atoms with Crippen molar-refractivity contribution in [1.82, 2.24) is 10.2 Å². The average molecular weight is 376 g/mol. The molecule has 2 rings (SSSR count). The molecule has 6 heteroatoms. The van der Waals surface area contributed by atoms with Gasteiger partial charge >= 0.3 is 0 Å². The van der Waals surface area contributed by atoms with Gasteiger partial charge in [-0.1, -0.05) is 39.8 Å². The van der Waals surface area contributed by atoms with E-state index in [-0.39, 0.29) is 29.6 Å². The number of amides is 2. The fraction of sp³-hybridized carbons (Fsp3) is 0.619. The Morgan fingerprint density at radius 2 is 1.85 bits per heavy atom. The van der Waals surface area contributed by atoms with Crippen LogP contribution in [0, 0.1) is 17.8 Å². The fourth-order valence-electron chi connectivity index (χ4n) is 3.57. The topological polar surface area (TPSA) is 67.9 Å². The van der Waals surface area contributed by atoms with Crippen LogP contribution in [0.2, 0.25) is 0 Å². The Labute approximate surface area is 162 Å². The lowest BCUT2D eigenvalue weighted by molar-refractivity contribution is -0.133. The van der Waals surface area contributed by atoms with Crippen LogP contribution in [0.15, 0.2) is 18.2 Å². The third-order valence-electron chi connectivity index (χ3n) is 4.98. The van der Waals surface area contributed by atoms with Crippen molar-refractivity contribution in [2.24, 2.45) is 17.8 Å². The first-order valence-corrected chi connectivity index (χ1v) is 9.57. The Balaban J connectivity index is 2.37. The second-order valence-corrected chi connectivity index (χ2v) is 7.83. The molecule has 0 aromatic heterocycles. The number of hydrogen-bond acceptors (Lipinski definition) is 4. The van der Waals surface area contributed by atoms with Gasteiger partial charge in [-0.3, -0.25) is 9.59 Å². The van der Waals surface area contributed by atoms with Gasteiger partial charge in [-0.05, 0) is 12.0 Å². The van der Waals surface area contributed by atoms with E-state index in [0.717, 1.165) is 5.56 Å². The standard InChI is InChI=1S/C21H32N2O4/c1-13(2)10-22-20(24)17-12-23(21(25)14(3)4)11-16(17)15-8-7-9-18(26-5)19(15)27-6/h7-9,13-14,16-17H,10-12H2,1-6H3,(H,22,24)/t16-,17-/m1/s1. The molecule has 0 unspecified atom stereocenters. The minimum Gasteiger partial charge on any atom is -0.493 e. The van der Waals surface area contributed by atoms with Crippen LogP contribution < -0.4 is 14.8 Å². The summed E-state index contributed by atoms with van der Waals surface area (Å²) in [6.45, 7) is 9.44. The Bertz CT molecular complexity index is 672. The van der Waals surface area contributed by atoms with Crippen LogP contribution in [0.25, 0.3) is 0 Å². The number of para-hydroxylation sites is 1. The van der Waals surface area contributed by atoms with Crippen LogP contribution >= 0.6 is 0 Å². The maximum absolute atomic E-state index is 12.9. The zero-order chi connectivity index (χ0) is 20.1. The molecule has 0 radical (unpaired) electrons. The van der Waals surface area contributed by atoms with Gasteiger partial charge in [0.2, 0.25) is 11.8 Å². The highest BCUT2D eigenvalue weighted by atomic mass is 16.5. The summed E-state index contributed by atoms with van der Waals surface area (Å²) in [5.41, 5.74) is 0.903. The van der Waals surface area contributed by atoms with Gasteiger partial charge in [-0.15, -0.1) is 0 Å². The lowest BCUT2D eigenvalue weighted by atomic mass is 9.87. The Hall–Kier alpha value is -2.24. The second kappa shape index (κ2) is 9.11. The summed E-state index contributed by atoms with van der Waals surface area (Å²) in [6, 6.07) is 5.69. The fourth-order valence-corrected chi connectivity index (χ4v) is 3.57. The normalized spacial score (nSPS) is 19.5. The maximum Gasteiger partial charge on any atom is 0.225 e. The highest BCUT2D eigenvalue weighted by molar-refractivity contribution is 5.84. The van der Waals surface area contributed by atoms with Crippen LogP contribution in [0.1, 0.15) is 39.2 Å². The van der Waals surface area contributed by atoms with Crippen molar-refractivity contribution in [1.29, 1.82) is 0 Å². The zero-order valence-electron chi connectivity index (χ0n) is 17.2. The molecule has 2 amide bonds. The van der Waals surface area contributed by atoms with Crippen LogP contribution in [0.5, 0.6) is 11.5 Å². The number of ether oxygens (including phenoxy) is 2. The number of carbonyl (C=O) groups is 2. The molecule has 2 atom stereocenters. The van der Waals surface area contributed by atoms with E-state index < -0.39 is 0 Å². The first kappa shape index (κ1) is 21.1. The molecule has 0 spiro atoms. The molecule has 1 aliphatic heterocycles. The minimum atomic E-state index is -0.313. The number of nitrogens with zero attached hydrogens (tertiary/aromatic N) is 1. The molecule has 1 aromatic carbocycles. The van der Waals surface area contributed by atoms with Gasteiger partial charge in [0.15, 0.2) is 11.5 Å². The summed E-state index contributed by atoms with van der Waals surface area (Å²) in [4.78, 5) is 27.3. The minimum absolute atomic E-state index is 0.0161. The molecular weight excluding hydrogens is 344 g/mol. The predicted molar refractivity (Wildman–Crippen MR) is 105 cm³/mol. The Morgan fingerprint density at radius 3 is 2.41 bits per heavy atom. The molecule has 1 aliphatic rings. The van der Waals surface area contributed by atoms with Gasteiger partial charge in [0.05, 0.1) is 20.1 Å². The smallest absolute Gasteiger partial charge is 0.225 e. The summed E-state index contributed by atoms with van der Waals surface area (Å²) in [7, 11) is 3.19. The van der Waals surface area contributed by atoms with E-state index in [0.29, 0.717) is 37.1 Å². The lowest BCUT2D eigenvalue weighted by Gasteiger charge is -2.22. The van der Waals surface area contributed by atoms with Crippen molar-refractivity contribution in [3.8, 4) is 11.5 Å². The van der Waals surface area contributed by atoms with Crippen molar-refractivity contribution in [3.05, 3.63) is 23.8 Å². The summed E-state index contributed by atoms with van der Waals surface area (Å²) >= 11 is 0. The van der Waals surface area contributed by atoms with E-state index in [9.17, 15) is 9.59 Å². The lowest BCUT2D eigenvalue weighted by Crippen LogP contribution is -2.37. The largest absolute Gasteiger partial charge is 0.493 e. The van der Waals surface area contributed by atoms with Gasteiger partial charge in [0.25, 0.3) is 0 Å². The summed E-state index contributed by atoms with van der Waals surface area (Å²) in [5, 5.41) is 3.03. The van der Waals surface area contributed by atoms with Crippen molar-refractivity contribution >= 4 is 11.8 Å². The van der Waals surface area contributed by atoms with Gasteiger partial charge in [-0.25, -0.2) is 0 Å². The van der Waals surface area contributed by atoms with Crippen molar-refractivity contribution in [3.63, 3.8) is 0 Å². The SMILES string of the molecule is COc1cccc([C@H]2CN(C(=O)C(C)C)C[C@H]2C(=O)NCC(C)C)c1OC. The third kappa shape index (κ3) is 4.73. The number of nitrogens with one attached hydrogen (secondary N) is 1. The second-order valence-electron chi connectivity index (χ2n) is 7.83. The van der Waals surface area contributed by atoms with E-state index in [1.807, 2.05) is 32.0 Å². The number of rotatable bonds is 7. The summed E-state index contributed by atoms with van der Waals surface area (Å²) in [5.74, 6) is 1.13. The zero-order valence-corrected chi connectivity index (χ0v) is 17.2. The predicted octanol–water partition coefficient (Wildman–Crippen LogP) is 2.67. The first-order valence-electron chi connectivity index (χ1n) is 9.57. The molecule has 0 bridgehead atoms. The quantitative estimate of drug-likeness (QED) is 0.794. The summed E-state index contributed by atoms with van der Waals surface area (Å²) < 4.78 is 11.0. The molecule has 0 aliphatic carbocycles. The number of benzene rings is 1. The Morgan fingerprint density at radius 1 is 1.15 bits per heavy atom. The van der Waals surface area contributed by atoms with Crippen molar-refractivity contribution in [2.75, 3.05) is 33.9 Å². The number of likely N-dealkylation sites (tertiary alicyclic amines) is 1. The molecular formula is C21H32N2O4. The van der Waals surface area contributed by atoms with Crippen LogP contribution in [-0.4, -0.2) is 50.6 Å². The van der Waals surface area contributed by atoms with E-state index in [1.165, 1.54) is 0 Å². The molecule has 1 aromatic rings. The molecule has 27 heavy (non-hydrogen) atoms. The van der Waals surface area contributed by atoms with E-state index in [1.54, 1.807) is 19.1 Å². The number of methoxy groups -OCH3 is 2. The number of hydrogen-bond donors (Lipinski definition) is 1. The van der Waals surface area contributed by atoms with Gasteiger partial charge in [0, 0.05) is 37.0 Å². The summed E-state index contributed by atoms with van der Waals surface area (Å²) in [6.07, 6.45) is 0. The third-order valence-corrected chi connectivity index (χ3v) is 4.98. The average Bonchev–Trinajstić information content (AvgIpc) is 3.09. The van der Waals surface area contributed by atoms with Crippen LogP contribution in [0.4, 0.5) is 0 Å². The van der Waals surface area contributed by atoms with E-state index in [4.69, 9.17) is 9.47 Å². The molecule has 1 fully saturated rings. The molecule has 1 heterocycles. The van der Waals surface area contributed by atoms with Gasteiger partial charge in [-0.2, -0.15) is 0 Å². The molecule has 1 saturated heterocycles. The first-order chi connectivity index (χ1) is 12.8. The van der Waals surface area contributed by atoms with Crippen LogP contribution in [0.3, 0.4) is 0 Å². The van der Waals surface area contributed by atoms with Crippen molar-refractivity contribution in [2.45, 2.75) is 33.6 Å². The van der Waals surface area contributed by atoms with Crippen molar-refractivity contribution < 1.29 is 19.1 Å². The molecule has 0 saturated carbocycles. The van der Waals surface area contributed by atoms with E-state index >= 15 is 0 Å². The molecule has 1 N–H and O–H groups in total. The highest BCUT2D eigenvalue weighted by Gasteiger charge is 2.42. The van der Waals surface area contributed by atoms with Crippen LogP contribution in [-0.2, 0) is 9.59 Å². The van der Waals surface area contributed by atoms with Gasteiger partial charge in [0.1, 0.15) is 0 Å². The highest BCUT2D eigenvalue weighted by Crippen LogP contribution is 2.42. The van der Waals surface area contributed by atoms with E-state index in [2.05, 4.69) is 19.2 Å². The maximum atomic E-state index is 12.9. The molecule has 6 nitrogen and oxygen atoms in total.